The normalized spacial score (nSPS) is 25.9. The molecule has 2 N–H and O–H groups in total. The lowest BCUT2D eigenvalue weighted by Crippen LogP contribution is -2.20. The first-order valence-electron chi connectivity index (χ1n) is 7.52. The van der Waals surface area contributed by atoms with Gasteiger partial charge in [0.2, 0.25) is 5.95 Å². The van der Waals surface area contributed by atoms with Crippen LogP contribution in [-0.4, -0.2) is 32.4 Å². The van der Waals surface area contributed by atoms with Gasteiger partial charge >= 0.3 is 5.97 Å². The molecule has 1 aliphatic carbocycles. The van der Waals surface area contributed by atoms with Crippen molar-refractivity contribution >= 4 is 11.9 Å². The van der Waals surface area contributed by atoms with Gasteiger partial charge in [-0.25, -0.2) is 0 Å². The van der Waals surface area contributed by atoms with E-state index in [4.69, 9.17) is 0 Å². The number of hydrogen-bond acceptors (Lipinski definition) is 4. The van der Waals surface area contributed by atoms with Crippen molar-refractivity contribution in [3.63, 3.8) is 0 Å². The topological polar surface area (TPSA) is 80.0 Å². The van der Waals surface area contributed by atoms with Crippen molar-refractivity contribution < 1.29 is 9.90 Å². The first-order chi connectivity index (χ1) is 9.62. The molecule has 1 aliphatic rings. The van der Waals surface area contributed by atoms with Crippen LogP contribution >= 0.6 is 0 Å². The second-order valence-corrected chi connectivity index (χ2v) is 5.45. The molecule has 0 saturated heterocycles. The van der Waals surface area contributed by atoms with Crippen LogP contribution in [0, 0.1) is 11.8 Å². The number of aliphatic carboxylic acids is 1. The van der Waals surface area contributed by atoms with Gasteiger partial charge in [0.1, 0.15) is 5.82 Å². The average molecular weight is 280 g/mol. The summed E-state index contributed by atoms with van der Waals surface area (Å²) in [5, 5.41) is 21.1. The molecular weight excluding hydrogens is 256 g/mol. The molecule has 3 unspecified atom stereocenters. The largest absolute Gasteiger partial charge is 0.481 e. The zero-order valence-electron chi connectivity index (χ0n) is 12.5. The van der Waals surface area contributed by atoms with Crippen LogP contribution in [0.4, 0.5) is 5.95 Å². The molecular formula is C14H24N4O2. The van der Waals surface area contributed by atoms with Crippen molar-refractivity contribution in [1.29, 1.82) is 0 Å². The summed E-state index contributed by atoms with van der Waals surface area (Å²) in [6.07, 6.45) is 2.68. The van der Waals surface area contributed by atoms with Crippen molar-refractivity contribution in [1.82, 2.24) is 14.8 Å². The van der Waals surface area contributed by atoms with Gasteiger partial charge < -0.3 is 10.4 Å². The fourth-order valence-electron chi connectivity index (χ4n) is 3.22. The number of nitrogens with zero attached hydrogens (tertiary/aromatic N) is 3. The van der Waals surface area contributed by atoms with Crippen LogP contribution in [0.25, 0.3) is 0 Å². The molecule has 1 fully saturated rings. The number of hydrogen-bond donors (Lipinski definition) is 2. The van der Waals surface area contributed by atoms with Gasteiger partial charge in [0, 0.05) is 19.0 Å². The Morgan fingerprint density at radius 2 is 2.10 bits per heavy atom. The van der Waals surface area contributed by atoms with E-state index in [0.29, 0.717) is 5.92 Å². The van der Waals surface area contributed by atoms with Gasteiger partial charge in [0.25, 0.3) is 0 Å². The van der Waals surface area contributed by atoms with Crippen molar-refractivity contribution in [3.05, 3.63) is 5.82 Å². The fraction of sp³-hybridized carbons (Fsp3) is 0.786. The second-order valence-electron chi connectivity index (χ2n) is 5.45. The standard InChI is InChI=1S/C14H24N4O2/c1-4-9-7-10(11(8-9)13(19)20)12-16-17-14(15-5-2)18(12)6-3/h9-11H,4-8H2,1-3H3,(H,15,17)(H,19,20). The molecule has 6 heteroatoms. The molecule has 0 radical (unpaired) electrons. The van der Waals surface area contributed by atoms with Crippen LogP contribution in [0.5, 0.6) is 0 Å². The number of nitrogens with one attached hydrogen (secondary N) is 1. The summed E-state index contributed by atoms with van der Waals surface area (Å²) < 4.78 is 2.02. The third-order valence-corrected chi connectivity index (χ3v) is 4.32. The van der Waals surface area contributed by atoms with E-state index in [9.17, 15) is 9.90 Å². The van der Waals surface area contributed by atoms with Gasteiger partial charge in [-0.05, 0) is 32.6 Å². The fourth-order valence-corrected chi connectivity index (χ4v) is 3.22. The van der Waals surface area contributed by atoms with Gasteiger partial charge in [0.15, 0.2) is 0 Å². The number of carboxylic acids is 1. The van der Waals surface area contributed by atoms with E-state index in [2.05, 4.69) is 22.4 Å². The Labute approximate surface area is 119 Å². The number of rotatable bonds is 6. The summed E-state index contributed by atoms with van der Waals surface area (Å²) in [6, 6.07) is 0. The van der Waals surface area contributed by atoms with Crippen LogP contribution < -0.4 is 5.32 Å². The van der Waals surface area contributed by atoms with Crippen molar-refractivity contribution in [2.24, 2.45) is 11.8 Å². The van der Waals surface area contributed by atoms with Crippen LogP contribution in [0.15, 0.2) is 0 Å². The minimum atomic E-state index is -0.707. The Morgan fingerprint density at radius 1 is 1.35 bits per heavy atom. The third kappa shape index (κ3) is 2.64. The van der Waals surface area contributed by atoms with Crippen molar-refractivity contribution in [2.45, 2.75) is 52.5 Å². The molecule has 6 nitrogen and oxygen atoms in total. The molecule has 3 atom stereocenters. The van der Waals surface area contributed by atoms with Gasteiger partial charge in [0.05, 0.1) is 5.92 Å². The quantitative estimate of drug-likeness (QED) is 0.836. The zero-order chi connectivity index (χ0) is 14.7. The first-order valence-corrected chi connectivity index (χ1v) is 7.52. The summed E-state index contributed by atoms with van der Waals surface area (Å²) in [6.45, 7) is 7.71. The summed E-state index contributed by atoms with van der Waals surface area (Å²) in [5.74, 6) is 0.995. The van der Waals surface area contributed by atoms with E-state index in [0.717, 1.165) is 44.1 Å². The SMILES string of the molecule is CCNc1nnc(C2CC(CC)CC2C(=O)O)n1CC. The Kier molecular flexibility index (Phi) is 4.62. The van der Waals surface area contributed by atoms with E-state index >= 15 is 0 Å². The second kappa shape index (κ2) is 6.24. The molecule has 0 aromatic carbocycles. The molecule has 1 heterocycles. The van der Waals surface area contributed by atoms with E-state index in [1.54, 1.807) is 0 Å². The van der Waals surface area contributed by atoms with E-state index < -0.39 is 5.97 Å². The Morgan fingerprint density at radius 3 is 2.65 bits per heavy atom. The lowest BCUT2D eigenvalue weighted by Gasteiger charge is -2.16. The summed E-state index contributed by atoms with van der Waals surface area (Å²) in [7, 11) is 0. The highest BCUT2D eigenvalue weighted by atomic mass is 16.4. The highest BCUT2D eigenvalue weighted by molar-refractivity contribution is 5.71. The maximum atomic E-state index is 11.5. The minimum Gasteiger partial charge on any atom is -0.481 e. The maximum absolute atomic E-state index is 11.5. The third-order valence-electron chi connectivity index (χ3n) is 4.32. The van der Waals surface area contributed by atoms with Gasteiger partial charge in [-0.15, -0.1) is 10.2 Å². The van der Waals surface area contributed by atoms with Gasteiger partial charge in [-0.2, -0.15) is 0 Å². The number of anilines is 1. The molecule has 0 spiro atoms. The molecule has 2 rings (SSSR count). The molecule has 0 aliphatic heterocycles. The zero-order valence-corrected chi connectivity index (χ0v) is 12.5. The predicted molar refractivity (Wildman–Crippen MR) is 76.7 cm³/mol. The minimum absolute atomic E-state index is 0.0164. The maximum Gasteiger partial charge on any atom is 0.307 e. The van der Waals surface area contributed by atoms with Crippen LogP contribution in [0.3, 0.4) is 0 Å². The predicted octanol–water partition coefficient (Wildman–Crippen LogP) is 2.33. The Balaban J connectivity index is 2.31. The molecule has 20 heavy (non-hydrogen) atoms. The molecule has 1 aromatic rings. The molecule has 112 valence electrons. The Bertz CT molecular complexity index is 472. The lowest BCUT2D eigenvalue weighted by atomic mass is 9.95. The summed E-state index contributed by atoms with van der Waals surface area (Å²) in [5.41, 5.74) is 0. The smallest absolute Gasteiger partial charge is 0.307 e. The Hall–Kier alpha value is -1.59. The lowest BCUT2D eigenvalue weighted by molar-refractivity contribution is -0.142. The van der Waals surface area contributed by atoms with E-state index in [1.807, 2.05) is 18.4 Å². The van der Waals surface area contributed by atoms with Crippen LogP contribution in [0.2, 0.25) is 0 Å². The number of carbonyl (C=O) groups is 1. The highest BCUT2D eigenvalue weighted by Crippen LogP contribution is 2.44. The summed E-state index contributed by atoms with van der Waals surface area (Å²) >= 11 is 0. The highest BCUT2D eigenvalue weighted by Gasteiger charge is 2.41. The summed E-state index contributed by atoms with van der Waals surface area (Å²) in [4.78, 5) is 11.5. The van der Waals surface area contributed by atoms with Crippen molar-refractivity contribution in [2.75, 3.05) is 11.9 Å². The number of carboxylic acid groups (broad SMARTS) is 1. The number of aromatic nitrogens is 3. The molecule has 0 amide bonds. The van der Waals surface area contributed by atoms with E-state index in [-0.39, 0.29) is 11.8 Å². The first kappa shape index (κ1) is 14.8. The van der Waals surface area contributed by atoms with Crippen LogP contribution in [-0.2, 0) is 11.3 Å². The average Bonchev–Trinajstić information content (AvgIpc) is 3.01. The van der Waals surface area contributed by atoms with Crippen molar-refractivity contribution in [3.8, 4) is 0 Å². The monoisotopic (exact) mass is 280 g/mol. The van der Waals surface area contributed by atoms with Crippen LogP contribution in [0.1, 0.15) is 51.8 Å². The molecule has 0 bridgehead atoms. The van der Waals surface area contributed by atoms with Gasteiger partial charge in [-0.1, -0.05) is 13.3 Å². The van der Waals surface area contributed by atoms with Gasteiger partial charge in [-0.3, -0.25) is 9.36 Å². The molecule has 1 aromatic heterocycles. The van der Waals surface area contributed by atoms with E-state index in [1.165, 1.54) is 0 Å². The molecule has 1 saturated carbocycles.